The number of nitrogens with one attached hydrogen (secondary N) is 1. The summed E-state index contributed by atoms with van der Waals surface area (Å²) < 4.78 is 13.1. The van der Waals surface area contributed by atoms with Crippen LogP contribution in [0.25, 0.3) is 0 Å². The van der Waals surface area contributed by atoms with Gasteiger partial charge in [0.15, 0.2) is 0 Å². The maximum atomic E-state index is 13.1. The van der Waals surface area contributed by atoms with E-state index in [-0.39, 0.29) is 18.2 Å². The predicted molar refractivity (Wildman–Crippen MR) is 56.2 cm³/mol. The zero-order valence-corrected chi connectivity index (χ0v) is 8.63. The standard InChI is InChI=1S/C9H10FNS.ClH/c10-8-3-1-2-4-9(8)12-7-5-11-6-7;/h1-4,7,11H,5-6H2;1H. The van der Waals surface area contributed by atoms with Gasteiger partial charge in [-0.15, -0.1) is 24.2 Å². The number of thioether (sulfide) groups is 1. The minimum atomic E-state index is -0.102. The summed E-state index contributed by atoms with van der Waals surface area (Å²) in [7, 11) is 0. The lowest BCUT2D eigenvalue weighted by molar-refractivity contribution is 0.541. The van der Waals surface area contributed by atoms with E-state index in [4.69, 9.17) is 0 Å². The van der Waals surface area contributed by atoms with Crippen LogP contribution >= 0.6 is 24.2 Å². The van der Waals surface area contributed by atoms with Crippen molar-refractivity contribution in [2.75, 3.05) is 13.1 Å². The second-order valence-electron chi connectivity index (χ2n) is 2.83. The molecule has 1 saturated heterocycles. The highest BCUT2D eigenvalue weighted by molar-refractivity contribution is 8.00. The fraction of sp³-hybridized carbons (Fsp3) is 0.333. The molecule has 1 aromatic carbocycles. The molecule has 0 unspecified atom stereocenters. The lowest BCUT2D eigenvalue weighted by Crippen LogP contribution is -2.44. The normalized spacial score (nSPS) is 16.1. The maximum Gasteiger partial charge on any atom is 0.136 e. The summed E-state index contributed by atoms with van der Waals surface area (Å²) in [6, 6.07) is 6.93. The van der Waals surface area contributed by atoms with Gasteiger partial charge in [-0.2, -0.15) is 0 Å². The molecule has 1 heterocycles. The third-order valence-corrected chi connectivity index (χ3v) is 3.13. The van der Waals surface area contributed by atoms with Crippen LogP contribution in [0.15, 0.2) is 29.2 Å². The molecule has 0 amide bonds. The Hall–Kier alpha value is -0.250. The van der Waals surface area contributed by atoms with Gasteiger partial charge in [0.05, 0.1) is 0 Å². The first kappa shape index (κ1) is 10.8. The van der Waals surface area contributed by atoms with Gasteiger partial charge in [0.25, 0.3) is 0 Å². The molecule has 1 nitrogen and oxygen atoms in total. The van der Waals surface area contributed by atoms with Crippen LogP contribution in [-0.2, 0) is 0 Å². The van der Waals surface area contributed by atoms with Gasteiger partial charge in [0, 0.05) is 23.2 Å². The zero-order chi connectivity index (χ0) is 8.39. The van der Waals surface area contributed by atoms with Crippen LogP contribution in [0.2, 0.25) is 0 Å². The molecule has 0 aliphatic carbocycles. The average molecular weight is 220 g/mol. The van der Waals surface area contributed by atoms with Crippen LogP contribution in [0, 0.1) is 5.82 Å². The van der Waals surface area contributed by atoms with Crippen LogP contribution < -0.4 is 5.32 Å². The Labute approximate surface area is 87.5 Å². The Balaban J connectivity index is 0.000000845. The van der Waals surface area contributed by atoms with Gasteiger partial charge in [0.1, 0.15) is 5.82 Å². The molecule has 0 radical (unpaired) electrons. The average Bonchev–Trinajstić information content (AvgIpc) is 2.00. The van der Waals surface area contributed by atoms with E-state index in [1.807, 2.05) is 12.1 Å². The second kappa shape index (κ2) is 4.84. The summed E-state index contributed by atoms with van der Waals surface area (Å²) in [4.78, 5) is 0.768. The van der Waals surface area contributed by atoms with Crippen molar-refractivity contribution in [3.8, 4) is 0 Å². The number of hydrogen-bond donors (Lipinski definition) is 1. The van der Waals surface area contributed by atoms with Crippen molar-refractivity contribution in [3.05, 3.63) is 30.1 Å². The van der Waals surface area contributed by atoms with Crippen molar-refractivity contribution in [3.63, 3.8) is 0 Å². The monoisotopic (exact) mass is 219 g/mol. The van der Waals surface area contributed by atoms with Gasteiger partial charge in [-0.05, 0) is 12.1 Å². The van der Waals surface area contributed by atoms with Crippen molar-refractivity contribution in [1.82, 2.24) is 5.32 Å². The summed E-state index contributed by atoms with van der Waals surface area (Å²) in [5.74, 6) is -0.102. The van der Waals surface area contributed by atoms with E-state index in [2.05, 4.69) is 5.32 Å². The van der Waals surface area contributed by atoms with E-state index in [9.17, 15) is 4.39 Å². The fourth-order valence-corrected chi connectivity index (χ4v) is 2.16. The fourth-order valence-electron chi connectivity index (χ4n) is 1.07. The molecule has 1 aliphatic rings. The van der Waals surface area contributed by atoms with E-state index in [1.54, 1.807) is 17.8 Å². The van der Waals surface area contributed by atoms with Gasteiger partial charge < -0.3 is 5.32 Å². The highest BCUT2D eigenvalue weighted by atomic mass is 35.5. The number of hydrogen-bond acceptors (Lipinski definition) is 2. The minimum Gasteiger partial charge on any atom is -0.314 e. The molecule has 0 aromatic heterocycles. The Morgan fingerprint density at radius 1 is 1.31 bits per heavy atom. The molecule has 4 heteroatoms. The molecule has 2 rings (SSSR count). The van der Waals surface area contributed by atoms with E-state index < -0.39 is 0 Å². The lowest BCUT2D eigenvalue weighted by atomic mass is 10.3. The Bertz CT molecular complexity index is 278. The van der Waals surface area contributed by atoms with Crippen LogP contribution in [0.5, 0.6) is 0 Å². The largest absolute Gasteiger partial charge is 0.314 e. The summed E-state index contributed by atoms with van der Waals surface area (Å²) in [5, 5.41) is 3.71. The molecule has 1 aromatic rings. The molecule has 0 bridgehead atoms. The zero-order valence-electron chi connectivity index (χ0n) is 7.00. The van der Waals surface area contributed by atoms with Crippen molar-refractivity contribution < 1.29 is 4.39 Å². The van der Waals surface area contributed by atoms with Crippen LogP contribution in [0.4, 0.5) is 4.39 Å². The highest BCUT2D eigenvalue weighted by Crippen LogP contribution is 2.27. The van der Waals surface area contributed by atoms with E-state index >= 15 is 0 Å². The number of halogens is 2. The Morgan fingerprint density at radius 3 is 2.54 bits per heavy atom. The maximum absolute atomic E-state index is 13.1. The van der Waals surface area contributed by atoms with Crippen molar-refractivity contribution in [2.45, 2.75) is 10.1 Å². The van der Waals surface area contributed by atoms with Crippen molar-refractivity contribution in [2.24, 2.45) is 0 Å². The summed E-state index contributed by atoms with van der Waals surface area (Å²) in [5.41, 5.74) is 0. The quantitative estimate of drug-likeness (QED) is 0.820. The van der Waals surface area contributed by atoms with E-state index in [0.29, 0.717) is 5.25 Å². The lowest BCUT2D eigenvalue weighted by Gasteiger charge is -2.26. The molecular formula is C9H11ClFNS. The third-order valence-electron chi connectivity index (χ3n) is 1.87. The van der Waals surface area contributed by atoms with Crippen LogP contribution in [-0.4, -0.2) is 18.3 Å². The van der Waals surface area contributed by atoms with Gasteiger partial charge in [-0.25, -0.2) is 4.39 Å². The molecule has 72 valence electrons. The van der Waals surface area contributed by atoms with E-state index in [0.717, 1.165) is 18.0 Å². The van der Waals surface area contributed by atoms with Gasteiger partial charge in [-0.1, -0.05) is 12.1 Å². The Kier molecular flexibility index (Phi) is 4.03. The van der Waals surface area contributed by atoms with E-state index in [1.165, 1.54) is 6.07 Å². The number of rotatable bonds is 2. The van der Waals surface area contributed by atoms with Crippen molar-refractivity contribution >= 4 is 24.2 Å². The predicted octanol–water partition coefficient (Wildman–Crippen LogP) is 2.31. The molecule has 0 saturated carbocycles. The first-order valence-electron chi connectivity index (χ1n) is 3.98. The van der Waals surface area contributed by atoms with Gasteiger partial charge in [-0.3, -0.25) is 0 Å². The molecule has 1 N–H and O–H groups in total. The molecule has 1 aliphatic heterocycles. The SMILES string of the molecule is Cl.Fc1ccccc1SC1CNC1. The smallest absolute Gasteiger partial charge is 0.136 e. The highest BCUT2D eigenvalue weighted by Gasteiger charge is 2.18. The van der Waals surface area contributed by atoms with Crippen LogP contribution in [0.1, 0.15) is 0 Å². The Morgan fingerprint density at radius 2 is 2.00 bits per heavy atom. The second-order valence-corrected chi connectivity index (χ2v) is 4.17. The first-order chi connectivity index (χ1) is 5.86. The topological polar surface area (TPSA) is 12.0 Å². The molecule has 0 spiro atoms. The van der Waals surface area contributed by atoms with Crippen molar-refractivity contribution in [1.29, 1.82) is 0 Å². The third kappa shape index (κ3) is 2.59. The first-order valence-corrected chi connectivity index (χ1v) is 4.86. The molecule has 1 fully saturated rings. The molecule has 13 heavy (non-hydrogen) atoms. The summed E-state index contributed by atoms with van der Waals surface area (Å²) in [6.07, 6.45) is 0. The summed E-state index contributed by atoms with van der Waals surface area (Å²) >= 11 is 1.62. The van der Waals surface area contributed by atoms with Crippen LogP contribution in [0.3, 0.4) is 0 Å². The summed E-state index contributed by atoms with van der Waals surface area (Å²) in [6.45, 7) is 2.00. The minimum absolute atomic E-state index is 0. The van der Waals surface area contributed by atoms with Gasteiger partial charge >= 0.3 is 0 Å². The number of benzene rings is 1. The van der Waals surface area contributed by atoms with Gasteiger partial charge in [0.2, 0.25) is 0 Å². The molecular weight excluding hydrogens is 209 g/mol. The molecule has 0 atom stereocenters.